The summed E-state index contributed by atoms with van der Waals surface area (Å²) in [5.41, 5.74) is 2.31. The van der Waals surface area contributed by atoms with Crippen molar-refractivity contribution in [3.8, 4) is 5.75 Å². The first-order valence-corrected chi connectivity index (χ1v) is 9.12. The average molecular weight is 319 g/mol. The maximum Gasteiger partial charge on any atom is 0.208 e. The molecule has 0 aliphatic rings. The van der Waals surface area contributed by atoms with Crippen molar-refractivity contribution in [2.75, 3.05) is 12.8 Å². The van der Waals surface area contributed by atoms with E-state index in [1.54, 1.807) is 0 Å². The molecule has 0 radical (unpaired) electrons. The summed E-state index contributed by atoms with van der Waals surface area (Å²) in [5, 5.41) is 0. The Balaban J connectivity index is 1.75. The van der Waals surface area contributed by atoms with Crippen LogP contribution in [0, 0.1) is 0 Å². The lowest BCUT2D eigenvalue weighted by Crippen LogP contribution is -2.23. The van der Waals surface area contributed by atoms with E-state index in [0.29, 0.717) is 13.2 Å². The third-order valence-electron chi connectivity index (χ3n) is 3.18. The number of aryl methyl sites for hydroxylation is 1. The van der Waals surface area contributed by atoms with E-state index in [0.717, 1.165) is 24.2 Å². The van der Waals surface area contributed by atoms with Crippen LogP contribution >= 0.6 is 0 Å². The fourth-order valence-electron chi connectivity index (χ4n) is 2.04. The molecule has 2 aromatic rings. The zero-order chi connectivity index (χ0) is 15.8. The Morgan fingerprint density at radius 2 is 1.64 bits per heavy atom. The maximum atomic E-state index is 10.9. The van der Waals surface area contributed by atoms with Crippen molar-refractivity contribution >= 4 is 10.0 Å². The number of rotatable bonds is 8. The summed E-state index contributed by atoms with van der Waals surface area (Å²) in [6, 6.07) is 18.0. The summed E-state index contributed by atoms with van der Waals surface area (Å²) in [4.78, 5) is 0. The summed E-state index contributed by atoms with van der Waals surface area (Å²) >= 11 is 0. The predicted molar refractivity (Wildman–Crippen MR) is 88.4 cm³/mol. The van der Waals surface area contributed by atoms with E-state index in [1.165, 1.54) is 11.8 Å². The summed E-state index contributed by atoms with van der Waals surface area (Å²) < 4.78 is 30.1. The van der Waals surface area contributed by atoms with Crippen LogP contribution in [0.2, 0.25) is 0 Å². The minimum atomic E-state index is -3.09. The van der Waals surface area contributed by atoms with Gasteiger partial charge in [-0.05, 0) is 36.1 Å². The van der Waals surface area contributed by atoms with Gasteiger partial charge in [0.15, 0.2) is 0 Å². The van der Waals surface area contributed by atoms with Crippen molar-refractivity contribution in [3.05, 3.63) is 65.7 Å². The summed E-state index contributed by atoms with van der Waals surface area (Å²) in [5.74, 6) is 0.835. The van der Waals surface area contributed by atoms with Crippen LogP contribution in [0.1, 0.15) is 17.5 Å². The topological polar surface area (TPSA) is 55.4 Å². The Morgan fingerprint density at radius 1 is 0.955 bits per heavy atom. The molecule has 0 saturated carbocycles. The molecule has 0 aromatic heterocycles. The fourth-order valence-corrected chi connectivity index (χ4v) is 2.56. The van der Waals surface area contributed by atoms with Gasteiger partial charge in [0.05, 0.1) is 6.26 Å². The van der Waals surface area contributed by atoms with Crippen LogP contribution in [0.3, 0.4) is 0 Å². The molecule has 0 amide bonds. The van der Waals surface area contributed by atoms with Gasteiger partial charge in [-0.15, -0.1) is 0 Å². The van der Waals surface area contributed by atoms with E-state index in [2.05, 4.69) is 4.72 Å². The molecule has 0 fully saturated rings. The number of hydrogen-bond acceptors (Lipinski definition) is 3. The van der Waals surface area contributed by atoms with Gasteiger partial charge in [-0.3, -0.25) is 0 Å². The number of sulfonamides is 1. The van der Waals surface area contributed by atoms with Gasteiger partial charge in [-0.2, -0.15) is 0 Å². The van der Waals surface area contributed by atoms with E-state index in [1.807, 2.05) is 54.6 Å². The molecule has 2 rings (SSSR count). The first-order valence-electron chi connectivity index (χ1n) is 7.23. The van der Waals surface area contributed by atoms with Gasteiger partial charge < -0.3 is 4.74 Å². The molecule has 0 aliphatic carbocycles. The first kappa shape index (κ1) is 16.5. The third-order valence-corrected chi connectivity index (χ3v) is 3.91. The number of ether oxygens (including phenoxy) is 1. The normalized spacial score (nSPS) is 11.3. The van der Waals surface area contributed by atoms with Crippen LogP contribution in [0.5, 0.6) is 5.75 Å². The molecule has 22 heavy (non-hydrogen) atoms. The zero-order valence-electron chi connectivity index (χ0n) is 12.7. The van der Waals surface area contributed by atoms with Crippen molar-refractivity contribution in [2.24, 2.45) is 0 Å². The quantitative estimate of drug-likeness (QED) is 0.761. The Kier molecular flexibility index (Phi) is 5.98. The second kappa shape index (κ2) is 7.96. The minimum Gasteiger partial charge on any atom is -0.489 e. The predicted octanol–water partition coefficient (Wildman–Crippen LogP) is 2.75. The highest BCUT2D eigenvalue weighted by Gasteiger charge is 2.00. The van der Waals surface area contributed by atoms with Gasteiger partial charge in [0, 0.05) is 6.54 Å². The van der Waals surface area contributed by atoms with Crippen LogP contribution in [-0.2, 0) is 23.1 Å². The highest BCUT2D eigenvalue weighted by atomic mass is 32.2. The number of hydrogen-bond donors (Lipinski definition) is 1. The molecule has 0 bridgehead atoms. The first-order chi connectivity index (χ1) is 10.5. The van der Waals surface area contributed by atoms with E-state index >= 15 is 0 Å². The van der Waals surface area contributed by atoms with Crippen molar-refractivity contribution < 1.29 is 13.2 Å². The van der Waals surface area contributed by atoms with Crippen LogP contribution < -0.4 is 9.46 Å². The average Bonchev–Trinajstić information content (AvgIpc) is 2.51. The molecule has 0 unspecified atom stereocenters. The van der Waals surface area contributed by atoms with Crippen molar-refractivity contribution in [1.82, 2.24) is 4.72 Å². The summed E-state index contributed by atoms with van der Waals surface area (Å²) in [6.45, 7) is 1.02. The van der Waals surface area contributed by atoms with E-state index < -0.39 is 10.0 Å². The molecule has 4 nitrogen and oxygen atoms in total. The molecular formula is C17H21NO3S. The van der Waals surface area contributed by atoms with Crippen molar-refractivity contribution in [1.29, 1.82) is 0 Å². The number of nitrogens with one attached hydrogen (secondary N) is 1. The number of benzene rings is 2. The van der Waals surface area contributed by atoms with Crippen LogP contribution in [0.15, 0.2) is 54.6 Å². The summed E-state index contributed by atoms with van der Waals surface area (Å²) in [6.07, 6.45) is 2.78. The maximum absolute atomic E-state index is 10.9. The lowest BCUT2D eigenvalue weighted by atomic mass is 10.1. The molecule has 118 valence electrons. The van der Waals surface area contributed by atoms with E-state index in [9.17, 15) is 8.42 Å². The van der Waals surface area contributed by atoms with E-state index in [-0.39, 0.29) is 0 Å². The van der Waals surface area contributed by atoms with Crippen LogP contribution in [0.4, 0.5) is 0 Å². The molecule has 2 aromatic carbocycles. The smallest absolute Gasteiger partial charge is 0.208 e. The van der Waals surface area contributed by atoms with Crippen LogP contribution in [-0.4, -0.2) is 21.2 Å². The summed E-state index contributed by atoms with van der Waals surface area (Å²) in [7, 11) is -3.09. The third kappa shape index (κ3) is 6.28. The van der Waals surface area contributed by atoms with Crippen molar-refractivity contribution in [3.63, 3.8) is 0 Å². The molecule has 0 spiro atoms. The molecule has 0 aliphatic heterocycles. The standard InChI is InChI=1S/C17H21NO3S/c1-22(19,20)18-13-5-8-15-9-11-17(12-10-15)21-14-16-6-3-2-4-7-16/h2-4,6-7,9-12,18H,5,8,13-14H2,1H3. The van der Waals surface area contributed by atoms with Gasteiger partial charge in [0.25, 0.3) is 0 Å². The Hall–Kier alpha value is -1.85. The molecule has 0 heterocycles. The molecule has 1 N–H and O–H groups in total. The second-order valence-corrected chi connectivity index (χ2v) is 7.02. The Bertz CT molecular complexity index is 667. The largest absolute Gasteiger partial charge is 0.489 e. The van der Waals surface area contributed by atoms with Gasteiger partial charge >= 0.3 is 0 Å². The van der Waals surface area contributed by atoms with E-state index in [4.69, 9.17) is 4.74 Å². The lowest BCUT2D eigenvalue weighted by molar-refractivity contribution is 0.306. The second-order valence-electron chi connectivity index (χ2n) is 5.19. The lowest BCUT2D eigenvalue weighted by Gasteiger charge is -2.07. The Morgan fingerprint density at radius 3 is 2.27 bits per heavy atom. The zero-order valence-corrected chi connectivity index (χ0v) is 13.5. The molecule has 0 atom stereocenters. The van der Waals surface area contributed by atoms with Gasteiger partial charge in [0.1, 0.15) is 12.4 Å². The SMILES string of the molecule is CS(=O)(=O)NCCCc1ccc(OCc2ccccc2)cc1. The molecular weight excluding hydrogens is 298 g/mol. The van der Waals surface area contributed by atoms with Gasteiger partial charge in [0.2, 0.25) is 10.0 Å². The minimum absolute atomic E-state index is 0.463. The van der Waals surface area contributed by atoms with Crippen molar-refractivity contribution in [2.45, 2.75) is 19.4 Å². The molecule has 5 heteroatoms. The Labute approximate surface area is 132 Å². The van der Waals surface area contributed by atoms with Crippen LogP contribution in [0.25, 0.3) is 0 Å². The monoisotopic (exact) mass is 319 g/mol. The molecule has 0 saturated heterocycles. The highest BCUT2D eigenvalue weighted by molar-refractivity contribution is 7.88. The van der Waals surface area contributed by atoms with Gasteiger partial charge in [-0.25, -0.2) is 13.1 Å². The highest BCUT2D eigenvalue weighted by Crippen LogP contribution is 2.15. The van der Waals surface area contributed by atoms with Gasteiger partial charge in [-0.1, -0.05) is 42.5 Å². The fraction of sp³-hybridized carbons (Fsp3) is 0.294.